The van der Waals surface area contributed by atoms with Crippen LogP contribution in [0.2, 0.25) is 0 Å². The van der Waals surface area contributed by atoms with Gasteiger partial charge in [-0.3, -0.25) is 4.21 Å². The summed E-state index contributed by atoms with van der Waals surface area (Å²) >= 11 is -2.09. The van der Waals surface area contributed by atoms with Gasteiger partial charge in [0.2, 0.25) is 0 Å². The lowest BCUT2D eigenvalue weighted by molar-refractivity contribution is 0.537. The molecule has 0 aliphatic heterocycles. The Labute approximate surface area is 87.6 Å². The molecule has 0 saturated carbocycles. The van der Waals surface area contributed by atoms with Crippen LogP contribution >= 0.6 is 0 Å². The van der Waals surface area contributed by atoms with Gasteiger partial charge in [-0.25, -0.2) is 0 Å². The number of hydrogen-bond donors (Lipinski definition) is 0. The van der Waals surface area contributed by atoms with Crippen LogP contribution < -0.4 is 0 Å². The Morgan fingerprint density at radius 1 is 1.21 bits per heavy atom. The molecule has 78 valence electrons. The molecule has 1 aromatic carbocycles. The van der Waals surface area contributed by atoms with E-state index in [0.29, 0.717) is 4.90 Å². The molecular weight excluding hydrogens is 196 g/mol. The van der Waals surface area contributed by atoms with Crippen molar-refractivity contribution in [3.63, 3.8) is 0 Å². The minimum atomic E-state index is -2.09. The van der Waals surface area contributed by atoms with Gasteiger partial charge in [-0.1, -0.05) is 31.9 Å². The zero-order chi connectivity index (χ0) is 10.4. The second kappa shape index (κ2) is 5.94. The van der Waals surface area contributed by atoms with Crippen LogP contribution in [0.1, 0.15) is 31.7 Å². The largest absolute Gasteiger partial charge is 0.768 e. The Balaban J connectivity index is 2.51. The second-order valence-electron chi connectivity index (χ2n) is 3.34. The Morgan fingerprint density at radius 3 is 2.36 bits per heavy atom. The monoisotopic (exact) mass is 211 g/mol. The Bertz CT molecular complexity index is 293. The van der Waals surface area contributed by atoms with Crippen LogP contribution in [0.25, 0.3) is 0 Å². The molecule has 2 nitrogen and oxygen atoms in total. The summed E-state index contributed by atoms with van der Waals surface area (Å²) in [6, 6.07) is 7.09. The molecule has 0 aliphatic rings. The molecule has 14 heavy (non-hydrogen) atoms. The second-order valence-corrected chi connectivity index (χ2v) is 4.28. The van der Waals surface area contributed by atoms with Crippen molar-refractivity contribution in [2.24, 2.45) is 0 Å². The van der Waals surface area contributed by atoms with Crippen molar-refractivity contribution in [2.45, 2.75) is 37.5 Å². The third-order valence-corrected chi connectivity index (χ3v) is 2.84. The lowest BCUT2D eigenvalue weighted by atomic mass is 10.1. The highest BCUT2D eigenvalue weighted by Gasteiger charge is 1.94. The van der Waals surface area contributed by atoms with Gasteiger partial charge in [0, 0.05) is 4.90 Å². The van der Waals surface area contributed by atoms with E-state index in [1.165, 1.54) is 24.8 Å². The van der Waals surface area contributed by atoms with Gasteiger partial charge in [-0.15, -0.1) is 0 Å². The van der Waals surface area contributed by atoms with Crippen molar-refractivity contribution in [3.8, 4) is 0 Å². The molecule has 0 radical (unpaired) electrons. The lowest BCUT2D eigenvalue weighted by Crippen LogP contribution is -1.90. The van der Waals surface area contributed by atoms with Gasteiger partial charge >= 0.3 is 0 Å². The summed E-state index contributed by atoms with van der Waals surface area (Å²) in [7, 11) is 0. The van der Waals surface area contributed by atoms with Crippen molar-refractivity contribution in [1.29, 1.82) is 0 Å². The van der Waals surface area contributed by atoms with Crippen molar-refractivity contribution in [2.75, 3.05) is 0 Å². The van der Waals surface area contributed by atoms with Crippen LogP contribution in [0.3, 0.4) is 0 Å². The summed E-state index contributed by atoms with van der Waals surface area (Å²) in [5.41, 5.74) is 1.22. The summed E-state index contributed by atoms with van der Waals surface area (Å²) in [5, 5.41) is 0. The zero-order valence-electron chi connectivity index (χ0n) is 8.36. The molecule has 0 aliphatic carbocycles. The molecule has 0 heterocycles. The molecular formula is C11H15O2S-. The minimum Gasteiger partial charge on any atom is -0.768 e. The fourth-order valence-corrected chi connectivity index (χ4v) is 1.70. The maximum absolute atomic E-state index is 10.6. The standard InChI is InChI=1S/C11H16O2S/c1-2-3-4-5-10-6-8-11(9-7-10)14(12)13/h6-9H,2-5H2,1H3,(H,12,13)/p-1. The predicted molar refractivity (Wildman–Crippen MR) is 56.9 cm³/mol. The molecule has 1 aromatic rings. The zero-order valence-corrected chi connectivity index (χ0v) is 9.18. The molecule has 0 spiro atoms. The van der Waals surface area contributed by atoms with Gasteiger partial charge in [0.1, 0.15) is 0 Å². The average Bonchev–Trinajstić information content (AvgIpc) is 2.19. The van der Waals surface area contributed by atoms with E-state index >= 15 is 0 Å². The number of benzene rings is 1. The van der Waals surface area contributed by atoms with Crippen LogP contribution in [0.15, 0.2) is 29.2 Å². The van der Waals surface area contributed by atoms with E-state index in [0.717, 1.165) is 6.42 Å². The van der Waals surface area contributed by atoms with E-state index in [-0.39, 0.29) is 0 Å². The molecule has 1 atom stereocenters. The van der Waals surface area contributed by atoms with E-state index in [9.17, 15) is 8.76 Å². The molecule has 0 bridgehead atoms. The maximum Gasteiger partial charge on any atom is 0.0248 e. The molecule has 0 saturated heterocycles. The first kappa shape index (κ1) is 11.4. The quantitative estimate of drug-likeness (QED) is 0.555. The number of rotatable bonds is 5. The summed E-state index contributed by atoms with van der Waals surface area (Å²) in [6.07, 6.45) is 4.66. The highest BCUT2D eigenvalue weighted by Crippen LogP contribution is 2.10. The van der Waals surface area contributed by atoms with Gasteiger partial charge in [0.25, 0.3) is 0 Å². The summed E-state index contributed by atoms with van der Waals surface area (Å²) in [4.78, 5) is 0.365. The van der Waals surface area contributed by atoms with E-state index in [1.807, 2.05) is 12.1 Å². The normalized spacial score (nSPS) is 12.7. The van der Waals surface area contributed by atoms with Crippen LogP contribution in [0.5, 0.6) is 0 Å². The van der Waals surface area contributed by atoms with Gasteiger partial charge in [-0.2, -0.15) is 0 Å². The first-order chi connectivity index (χ1) is 6.74. The molecule has 1 rings (SSSR count). The van der Waals surface area contributed by atoms with Crippen molar-refractivity contribution < 1.29 is 8.76 Å². The van der Waals surface area contributed by atoms with E-state index in [2.05, 4.69) is 6.92 Å². The molecule has 1 unspecified atom stereocenters. The maximum atomic E-state index is 10.6. The predicted octanol–water partition coefficient (Wildman–Crippen LogP) is 2.66. The fraction of sp³-hybridized carbons (Fsp3) is 0.455. The van der Waals surface area contributed by atoms with Crippen LogP contribution in [0.4, 0.5) is 0 Å². The Morgan fingerprint density at radius 2 is 1.86 bits per heavy atom. The highest BCUT2D eigenvalue weighted by molar-refractivity contribution is 7.79. The highest BCUT2D eigenvalue weighted by atomic mass is 32.2. The summed E-state index contributed by atoms with van der Waals surface area (Å²) in [6.45, 7) is 2.17. The average molecular weight is 211 g/mol. The number of hydrogen-bond acceptors (Lipinski definition) is 2. The topological polar surface area (TPSA) is 40.1 Å². The minimum absolute atomic E-state index is 0.365. The van der Waals surface area contributed by atoms with Crippen molar-refractivity contribution >= 4 is 11.1 Å². The molecule has 0 amide bonds. The molecule has 3 heteroatoms. The van der Waals surface area contributed by atoms with Crippen molar-refractivity contribution in [3.05, 3.63) is 29.8 Å². The first-order valence-corrected chi connectivity index (χ1v) is 5.99. The van der Waals surface area contributed by atoms with Crippen molar-refractivity contribution in [1.82, 2.24) is 0 Å². The van der Waals surface area contributed by atoms with Gasteiger partial charge in [-0.05, 0) is 41.6 Å². The van der Waals surface area contributed by atoms with E-state index < -0.39 is 11.1 Å². The third kappa shape index (κ3) is 3.60. The van der Waals surface area contributed by atoms with E-state index in [1.54, 1.807) is 12.1 Å². The summed E-state index contributed by atoms with van der Waals surface area (Å²) < 4.78 is 21.1. The van der Waals surface area contributed by atoms with Crippen LogP contribution in [0, 0.1) is 0 Å². The third-order valence-electron chi connectivity index (χ3n) is 2.18. The molecule has 0 N–H and O–H groups in total. The SMILES string of the molecule is CCCCCc1ccc(S(=O)[O-])cc1. The van der Waals surface area contributed by atoms with Crippen LogP contribution in [-0.2, 0) is 17.5 Å². The van der Waals surface area contributed by atoms with Gasteiger partial charge in [0.15, 0.2) is 0 Å². The van der Waals surface area contributed by atoms with E-state index in [4.69, 9.17) is 0 Å². The first-order valence-electron chi connectivity index (χ1n) is 4.92. The van der Waals surface area contributed by atoms with Crippen LogP contribution in [-0.4, -0.2) is 8.76 Å². The van der Waals surface area contributed by atoms with Gasteiger partial charge < -0.3 is 4.55 Å². The lowest BCUT2D eigenvalue weighted by Gasteiger charge is -2.06. The van der Waals surface area contributed by atoms with Gasteiger partial charge in [0.05, 0.1) is 0 Å². The summed E-state index contributed by atoms with van der Waals surface area (Å²) in [5.74, 6) is 0. The number of aryl methyl sites for hydroxylation is 1. The smallest absolute Gasteiger partial charge is 0.0248 e. The Hall–Kier alpha value is -0.670. The number of unbranched alkanes of at least 4 members (excludes halogenated alkanes) is 2. The molecule has 0 aromatic heterocycles. The fourth-order valence-electron chi connectivity index (χ4n) is 1.35. The Kier molecular flexibility index (Phi) is 4.84. The molecule has 0 fully saturated rings.